The van der Waals surface area contributed by atoms with E-state index >= 15 is 0 Å². The summed E-state index contributed by atoms with van der Waals surface area (Å²) >= 11 is 1.44. The molecule has 2 aliphatic heterocycles. The number of amidine groups is 1. The van der Waals surface area contributed by atoms with Gasteiger partial charge in [-0.05, 0) is 134 Å². The Morgan fingerprint density at radius 2 is 1.70 bits per heavy atom. The molecule has 1 aromatic carbocycles. The van der Waals surface area contributed by atoms with Crippen LogP contribution in [0, 0.1) is 17.8 Å². The van der Waals surface area contributed by atoms with E-state index in [1.165, 1.54) is 55.9 Å². The molecule has 43 heavy (non-hydrogen) atoms. The van der Waals surface area contributed by atoms with Gasteiger partial charge in [0.05, 0.1) is 29.5 Å². The molecule has 6 nitrogen and oxygen atoms in total. The number of morpholine rings is 1. The summed E-state index contributed by atoms with van der Waals surface area (Å²) in [6.45, 7) is 14.6. The number of hydrogen-bond acceptors (Lipinski definition) is 6. The standard InChI is InChI=1S/C35H45N3O3SSi/c1-34(2,3)43(4,5)41-30-10-9-26(18-28(30)35-20-23-15-24(21-35)17-25(16-23)22-35)29-8-6-7-27(36-29)19-31-32(39)37-33(42-31)38-11-13-40-14-12-38/h6-10,18-19,23-25H,11-17,20-22H2,1-5H3/b31-19-. The first-order valence-electron chi connectivity index (χ1n) is 16.1. The number of ether oxygens (including phenoxy) is 1. The molecule has 3 heterocycles. The summed E-state index contributed by atoms with van der Waals surface area (Å²) in [6.07, 6.45) is 10.0. The number of thioether (sulfide) groups is 1. The summed E-state index contributed by atoms with van der Waals surface area (Å²) in [6, 6.07) is 13.0. The summed E-state index contributed by atoms with van der Waals surface area (Å²) < 4.78 is 12.6. The fourth-order valence-corrected chi connectivity index (χ4v) is 10.2. The SMILES string of the molecule is CC(C)(C)[Si](C)(C)Oc1ccc(-c2cccc(/C=C3\SC(N4CCOCC4)=NC3=O)n2)cc1C12CC3CC(CC(C3)C1)C2. The number of aliphatic imine (C=N–C) groups is 1. The van der Waals surface area contributed by atoms with Gasteiger partial charge in [0.1, 0.15) is 5.75 Å². The maximum absolute atomic E-state index is 12.8. The number of benzene rings is 1. The van der Waals surface area contributed by atoms with E-state index in [-0.39, 0.29) is 16.4 Å². The van der Waals surface area contributed by atoms with Gasteiger partial charge in [0.2, 0.25) is 8.32 Å². The summed E-state index contributed by atoms with van der Waals surface area (Å²) in [5.41, 5.74) is 4.48. The Kier molecular flexibility index (Phi) is 7.41. The summed E-state index contributed by atoms with van der Waals surface area (Å²) in [4.78, 5) is 24.9. The van der Waals surface area contributed by atoms with Crippen LogP contribution in [0.3, 0.4) is 0 Å². The molecule has 0 spiro atoms. The minimum atomic E-state index is -2.02. The third-order valence-corrected chi connectivity index (χ3v) is 16.4. The van der Waals surface area contributed by atoms with E-state index in [1.54, 1.807) is 0 Å². The highest BCUT2D eigenvalue weighted by molar-refractivity contribution is 8.18. The Bertz CT molecular complexity index is 1450. The Morgan fingerprint density at radius 3 is 2.35 bits per heavy atom. The molecule has 4 aliphatic carbocycles. The number of rotatable bonds is 5. The monoisotopic (exact) mass is 615 g/mol. The van der Waals surface area contributed by atoms with Gasteiger partial charge in [0.25, 0.3) is 5.91 Å². The van der Waals surface area contributed by atoms with Gasteiger partial charge in [-0.2, -0.15) is 4.99 Å². The Balaban J connectivity index is 1.22. The predicted molar refractivity (Wildman–Crippen MR) is 178 cm³/mol. The molecule has 0 radical (unpaired) electrons. The van der Waals surface area contributed by atoms with Crippen LogP contribution in [0.25, 0.3) is 17.3 Å². The highest BCUT2D eigenvalue weighted by Crippen LogP contribution is 2.62. The van der Waals surface area contributed by atoms with E-state index in [0.29, 0.717) is 18.1 Å². The molecule has 1 aromatic heterocycles. The first-order chi connectivity index (χ1) is 20.5. The summed E-state index contributed by atoms with van der Waals surface area (Å²) in [5, 5.41) is 0.905. The van der Waals surface area contributed by atoms with Crippen LogP contribution in [0.2, 0.25) is 18.1 Å². The molecule has 1 saturated heterocycles. The quantitative estimate of drug-likeness (QED) is 0.252. The van der Waals surface area contributed by atoms with Crippen LogP contribution in [-0.4, -0.2) is 55.6 Å². The molecule has 5 fully saturated rings. The third kappa shape index (κ3) is 5.64. The topological polar surface area (TPSA) is 64.0 Å². The Labute approximate surface area is 261 Å². The Hall–Kier alpha value is -2.42. The summed E-state index contributed by atoms with van der Waals surface area (Å²) in [7, 11) is -2.02. The van der Waals surface area contributed by atoms with Gasteiger partial charge in [-0.1, -0.05) is 26.8 Å². The molecule has 2 aromatic rings. The average Bonchev–Trinajstić information content (AvgIpc) is 3.32. The second-order valence-corrected chi connectivity index (χ2v) is 20.9. The van der Waals surface area contributed by atoms with Crippen LogP contribution < -0.4 is 4.43 Å². The van der Waals surface area contributed by atoms with E-state index in [1.807, 2.05) is 18.2 Å². The van der Waals surface area contributed by atoms with Gasteiger partial charge >= 0.3 is 0 Å². The molecule has 6 aliphatic rings. The number of amides is 1. The third-order valence-electron chi connectivity index (χ3n) is 11.0. The van der Waals surface area contributed by atoms with Crippen molar-refractivity contribution in [1.82, 2.24) is 9.88 Å². The van der Waals surface area contributed by atoms with Crippen LogP contribution in [0.5, 0.6) is 5.75 Å². The molecule has 0 unspecified atom stereocenters. The number of aromatic nitrogens is 1. The molecule has 0 N–H and O–H groups in total. The van der Waals surface area contributed by atoms with Crippen molar-refractivity contribution in [2.45, 2.75) is 82.8 Å². The van der Waals surface area contributed by atoms with Gasteiger partial charge in [0.15, 0.2) is 5.17 Å². The zero-order valence-electron chi connectivity index (χ0n) is 26.3. The van der Waals surface area contributed by atoms with Gasteiger partial charge in [0, 0.05) is 18.7 Å². The van der Waals surface area contributed by atoms with Gasteiger partial charge < -0.3 is 14.1 Å². The smallest absolute Gasteiger partial charge is 0.286 e. The molecule has 4 saturated carbocycles. The maximum Gasteiger partial charge on any atom is 0.286 e. The van der Waals surface area contributed by atoms with Crippen molar-refractivity contribution in [2.24, 2.45) is 22.7 Å². The molecule has 4 bridgehead atoms. The number of carbonyl (C=O) groups excluding carboxylic acids is 1. The second kappa shape index (κ2) is 10.9. The van der Waals surface area contributed by atoms with E-state index in [9.17, 15) is 4.79 Å². The van der Waals surface area contributed by atoms with Crippen LogP contribution in [0.15, 0.2) is 46.3 Å². The fourth-order valence-electron chi connectivity index (χ4n) is 8.18. The average molecular weight is 616 g/mol. The van der Waals surface area contributed by atoms with Crippen molar-refractivity contribution in [3.8, 4) is 17.0 Å². The normalized spacial score (nSPS) is 29.8. The highest BCUT2D eigenvalue weighted by Gasteiger charge is 2.53. The van der Waals surface area contributed by atoms with E-state index < -0.39 is 8.32 Å². The van der Waals surface area contributed by atoms with E-state index in [2.05, 4.69) is 68.0 Å². The molecular weight excluding hydrogens is 571 g/mol. The lowest BCUT2D eigenvalue weighted by Crippen LogP contribution is -2.49. The van der Waals surface area contributed by atoms with Crippen LogP contribution >= 0.6 is 11.8 Å². The highest BCUT2D eigenvalue weighted by atomic mass is 32.2. The van der Waals surface area contributed by atoms with Crippen LogP contribution in [-0.2, 0) is 14.9 Å². The van der Waals surface area contributed by atoms with Crippen molar-refractivity contribution < 1.29 is 14.0 Å². The Morgan fingerprint density at radius 1 is 1.02 bits per heavy atom. The summed E-state index contributed by atoms with van der Waals surface area (Å²) in [5.74, 6) is 3.49. The first-order valence-corrected chi connectivity index (χ1v) is 19.9. The largest absolute Gasteiger partial charge is 0.543 e. The van der Waals surface area contributed by atoms with Crippen LogP contribution in [0.4, 0.5) is 0 Å². The molecule has 8 heteroatoms. The molecule has 8 rings (SSSR count). The van der Waals surface area contributed by atoms with Crippen molar-refractivity contribution in [3.05, 3.63) is 52.6 Å². The van der Waals surface area contributed by atoms with Crippen molar-refractivity contribution >= 4 is 37.2 Å². The van der Waals surface area contributed by atoms with Gasteiger partial charge in [-0.3, -0.25) is 4.79 Å². The van der Waals surface area contributed by atoms with Gasteiger partial charge in [-0.15, -0.1) is 0 Å². The lowest BCUT2D eigenvalue weighted by Gasteiger charge is -2.57. The van der Waals surface area contributed by atoms with Gasteiger partial charge in [-0.25, -0.2) is 4.98 Å². The van der Waals surface area contributed by atoms with Crippen molar-refractivity contribution in [3.63, 3.8) is 0 Å². The van der Waals surface area contributed by atoms with Crippen molar-refractivity contribution in [2.75, 3.05) is 26.3 Å². The number of pyridine rings is 1. The molecule has 228 valence electrons. The minimum Gasteiger partial charge on any atom is -0.543 e. The maximum atomic E-state index is 12.8. The van der Waals surface area contributed by atoms with E-state index in [4.69, 9.17) is 14.1 Å². The second-order valence-electron chi connectivity index (χ2n) is 15.1. The molecule has 1 amide bonds. The molecular formula is C35H45N3O3SSi. The number of nitrogens with zero attached hydrogens (tertiary/aromatic N) is 3. The van der Waals surface area contributed by atoms with Crippen molar-refractivity contribution in [1.29, 1.82) is 0 Å². The molecule has 0 atom stereocenters. The number of carbonyl (C=O) groups is 1. The minimum absolute atomic E-state index is 0.134. The zero-order chi connectivity index (χ0) is 30.0. The predicted octanol–water partition coefficient (Wildman–Crippen LogP) is 7.90. The van der Waals surface area contributed by atoms with Crippen LogP contribution in [0.1, 0.15) is 70.6 Å². The number of hydrogen-bond donors (Lipinski definition) is 0. The van der Waals surface area contributed by atoms with E-state index in [0.717, 1.165) is 58.7 Å². The lowest BCUT2D eigenvalue weighted by molar-refractivity contribution is -0.113. The fraction of sp³-hybridized carbons (Fsp3) is 0.571. The lowest BCUT2D eigenvalue weighted by atomic mass is 9.48. The first kappa shape index (κ1) is 29.3. The zero-order valence-corrected chi connectivity index (χ0v) is 28.1.